The molecule has 0 nitrogen and oxygen atoms in total. The van der Waals surface area contributed by atoms with Gasteiger partial charge in [0, 0.05) is 32.7 Å². The van der Waals surface area contributed by atoms with Gasteiger partial charge < -0.3 is 6.92 Å². The van der Waals surface area contributed by atoms with Crippen molar-refractivity contribution in [1.29, 1.82) is 0 Å². The molecular formula is C10H19Y-. The first-order valence-electron chi connectivity index (χ1n) is 4.72. The van der Waals surface area contributed by atoms with Crippen LogP contribution in [0.1, 0.15) is 51.4 Å². The fraction of sp³-hybridized carbons (Fsp3) is 0.900. The molecule has 0 unspecified atom stereocenters. The van der Waals surface area contributed by atoms with Crippen molar-refractivity contribution in [2.75, 3.05) is 0 Å². The Balaban J connectivity index is 0.000001000. The predicted molar refractivity (Wildman–Crippen MR) is 45.8 cm³/mol. The summed E-state index contributed by atoms with van der Waals surface area (Å²) in [6.45, 7) is 4.14. The zero-order chi connectivity index (χ0) is 7.23. The standard InChI is InChI=1S/C10H19.Y/c1-10-8-6-4-2-3-5-7-9-10;/h10H,1-9H2;/q-1;. The molecule has 0 bridgehead atoms. The van der Waals surface area contributed by atoms with E-state index in [4.69, 9.17) is 0 Å². The van der Waals surface area contributed by atoms with Gasteiger partial charge in [0.1, 0.15) is 0 Å². The summed E-state index contributed by atoms with van der Waals surface area (Å²) in [5.74, 6) is 0.762. The summed E-state index contributed by atoms with van der Waals surface area (Å²) >= 11 is 0. The van der Waals surface area contributed by atoms with Crippen LogP contribution in [-0.4, -0.2) is 0 Å². The molecule has 0 N–H and O–H groups in total. The van der Waals surface area contributed by atoms with E-state index in [0.717, 1.165) is 5.92 Å². The van der Waals surface area contributed by atoms with Crippen LogP contribution in [0.5, 0.6) is 0 Å². The van der Waals surface area contributed by atoms with Crippen molar-refractivity contribution in [1.82, 2.24) is 0 Å². The molecule has 0 spiro atoms. The molecule has 11 heavy (non-hydrogen) atoms. The Kier molecular flexibility index (Phi) is 8.51. The molecule has 0 aromatic heterocycles. The van der Waals surface area contributed by atoms with Crippen molar-refractivity contribution in [2.24, 2.45) is 5.92 Å². The third-order valence-electron chi connectivity index (χ3n) is 2.47. The fourth-order valence-electron chi connectivity index (χ4n) is 1.72. The molecule has 0 aliphatic heterocycles. The van der Waals surface area contributed by atoms with Crippen molar-refractivity contribution in [2.45, 2.75) is 51.4 Å². The second-order valence-electron chi connectivity index (χ2n) is 3.56. The molecule has 1 radical (unpaired) electrons. The van der Waals surface area contributed by atoms with Crippen LogP contribution in [-0.2, 0) is 32.7 Å². The molecule has 0 saturated heterocycles. The van der Waals surface area contributed by atoms with Crippen LogP contribution in [0, 0.1) is 12.8 Å². The van der Waals surface area contributed by atoms with Gasteiger partial charge in [-0.3, -0.25) is 0 Å². The quantitative estimate of drug-likeness (QED) is 0.556. The Labute approximate surface area is 96.4 Å². The SMILES string of the molecule is [CH2-]C1CCCCCCCC1.[Y]. The van der Waals surface area contributed by atoms with E-state index in [1.807, 2.05) is 0 Å². The summed E-state index contributed by atoms with van der Waals surface area (Å²) in [5, 5.41) is 0. The molecule has 0 aromatic carbocycles. The zero-order valence-electron chi connectivity index (χ0n) is 7.52. The fourth-order valence-corrected chi connectivity index (χ4v) is 1.72. The number of hydrogen-bond donors (Lipinski definition) is 0. The molecule has 0 amide bonds. The monoisotopic (exact) mass is 228 g/mol. The van der Waals surface area contributed by atoms with E-state index in [1.54, 1.807) is 0 Å². The van der Waals surface area contributed by atoms with Gasteiger partial charge in [0.25, 0.3) is 0 Å². The van der Waals surface area contributed by atoms with Crippen molar-refractivity contribution in [3.05, 3.63) is 6.92 Å². The first kappa shape index (κ1) is 12.1. The molecule has 0 aromatic rings. The minimum atomic E-state index is 0. The van der Waals surface area contributed by atoms with Crippen LogP contribution >= 0.6 is 0 Å². The Morgan fingerprint density at radius 3 is 1.55 bits per heavy atom. The summed E-state index contributed by atoms with van der Waals surface area (Å²) in [5.41, 5.74) is 0. The molecule has 0 heterocycles. The topological polar surface area (TPSA) is 0 Å². The summed E-state index contributed by atoms with van der Waals surface area (Å²) < 4.78 is 0. The maximum Gasteiger partial charge on any atom is 0 e. The Hall–Kier alpha value is 1.10. The summed E-state index contributed by atoms with van der Waals surface area (Å²) in [6, 6.07) is 0. The van der Waals surface area contributed by atoms with Crippen molar-refractivity contribution in [3.8, 4) is 0 Å². The maximum atomic E-state index is 4.14. The van der Waals surface area contributed by atoms with Gasteiger partial charge in [0.2, 0.25) is 0 Å². The van der Waals surface area contributed by atoms with E-state index in [0.29, 0.717) is 0 Å². The van der Waals surface area contributed by atoms with E-state index in [1.165, 1.54) is 51.4 Å². The van der Waals surface area contributed by atoms with Gasteiger partial charge in [0.15, 0.2) is 0 Å². The molecule has 0 atom stereocenters. The van der Waals surface area contributed by atoms with Gasteiger partial charge in [-0.2, -0.15) is 5.92 Å². The van der Waals surface area contributed by atoms with Crippen molar-refractivity contribution < 1.29 is 32.7 Å². The van der Waals surface area contributed by atoms with Crippen LogP contribution < -0.4 is 0 Å². The minimum absolute atomic E-state index is 0. The minimum Gasteiger partial charge on any atom is -0.340 e. The Morgan fingerprint density at radius 1 is 0.727 bits per heavy atom. The van der Waals surface area contributed by atoms with Gasteiger partial charge in [-0.25, -0.2) is 0 Å². The molecule has 1 fully saturated rings. The smallest absolute Gasteiger partial charge is 0 e. The van der Waals surface area contributed by atoms with Gasteiger partial charge in [-0.1, -0.05) is 51.4 Å². The predicted octanol–water partition coefficient (Wildman–Crippen LogP) is 3.57. The molecule has 1 aliphatic rings. The average Bonchev–Trinajstić information content (AvgIpc) is 2.02. The normalized spacial score (nSPS) is 22.6. The average molecular weight is 228 g/mol. The Bertz CT molecular complexity index is 70.9. The Morgan fingerprint density at radius 2 is 1.09 bits per heavy atom. The number of hydrogen-bond acceptors (Lipinski definition) is 0. The van der Waals surface area contributed by atoms with E-state index in [2.05, 4.69) is 6.92 Å². The van der Waals surface area contributed by atoms with Crippen molar-refractivity contribution >= 4 is 0 Å². The van der Waals surface area contributed by atoms with E-state index in [9.17, 15) is 0 Å². The largest absolute Gasteiger partial charge is 0.340 e. The maximum absolute atomic E-state index is 4.14. The third-order valence-corrected chi connectivity index (χ3v) is 2.47. The van der Waals surface area contributed by atoms with Crippen LogP contribution in [0.4, 0.5) is 0 Å². The molecular weight excluding hydrogens is 209 g/mol. The zero-order valence-corrected chi connectivity index (χ0v) is 10.4. The summed E-state index contributed by atoms with van der Waals surface area (Å²) in [6.07, 6.45) is 11.4. The second kappa shape index (κ2) is 7.74. The summed E-state index contributed by atoms with van der Waals surface area (Å²) in [7, 11) is 0. The first-order valence-corrected chi connectivity index (χ1v) is 4.72. The van der Waals surface area contributed by atoms with E-state index < -0.39 is 0 Å². The van der Waals surface area contributed by atoms with Gasteiger partial charge in [-0.05, 0) is 0 Å². The van der Waals surface area contributed by atoms with Crippen LogP contribution in [0.25, 0.3) is 0 Å². The second-order valence-corrected chi connectivity index (χ2v) is 3.56. The first-order chi connectivity index (χ1) is 4.89. The van der Waals surface area contributed by atoms with Gasteiger partial charge in [-0.15, -0.1) is 0 Å². The molecule has 1 rings (SSSR count). The molecule has 63 valence electrons. The van der Waals surface area contributed by atoms with Crippen molar-refractivity contribution in [3.63, 3.8) is 0 Å². The molecule has 1 saturated carbocycles. The third kappa shape index (κ3) is 6.28. The van der Waals surface area contributed by atoms with Gasteiger partial charge >= 0.3 is 0 Å². The van der Waals surface area contributed by atoms with E-state index in [-0.39, 0.29) is 32.7 Å². The van der Waals surface area contributed by atoms with E-state index >= 15 is 0 Å². The molecule has 1 heteroatoms. The number of rotatable bonds is 0. The van der Waals surface area contributed by atoms with Crippen LogP contribution in [0.2, 0.25) is 0 Å². The van der Waals surface area contributed by atoms with Crippen LogP contribution in [0.15, 0.2) is 0 Å². The molecule has 1 aliphatic carbocycles. The summed E-state index contributed by atoms with van der Waals surface area (Å²) in [4.78, 5) is 0. The van der Waals surface area contributed by atoms with Gasteiger partial charge in [0.05, 0.1) is 0 Å². The van der Waals surface area contributed by atoms with Crippen LogP contribution in [0.3, 0.4) is 0 Å².